The van der Waals surface area contributed by atoms with Crippen LogP contribution in [0.25, 0.3) is 0 Å². The van der Waals surface area contributed by atoms with Gasteiger partial charge in [0.25, 0.3) is 0 Å². The van der Waals surface area contributed by atoms with Crippen LogP contribution in [0, 0.1) is 17.7 Å². The molecule has 1 atom stereocenters. The number of nitrogens with one attached hydrogen (secondary N) is 1. The van der Waals surface area contributed by atoms with Gasteiger partial charge in [0, 0.05) is 0 Å². The fourth-order valence-corrected chi connectivity index (χ4v) is 3.69. The molecule has 1 fully saturated rings. The van der Waals surface area contributed by atoms with Crippen LogP contribution >= 0.6 is 15.9 Å². The van der Waals surface area contributed by atoms with Gasteiger partial charge in [0.05, 0.1) is 4.47 Å². The molecule has 0 radical (unpaired) electrons. The first-order valence-corrected chi connectivity index (χ1v) is 8.64. The van der Waals surface area contributed by atoms with Crippen LogP contribution in [0.15, 0.2) is 22.7 Å². The van der Waals surface area contributed by atoms with Crippen LogP contribution in [-0.4, -0.2) is 13.1 Å². The van der Waals surface area contributed by atoms with E-state index in [2.05, 4.69) is 28.2 Å². The summed E-state index contributed by atoms with van der Waals surface area (Å²) in [7, 11) is 0. The number of halogens is 2. The lowest BCUT2D eigenvalue weighted by molar-refractivity contribution is 0.321. The highest BCUT2D eigenvalue weighted by molar-refractivity contribution is 9.10. The molecular weight excluding hydrogens is 317 g/mol. The molecule has 0 spiro atoms. The molecule has 1 aromatic carbocycles. The lowest BCUT2D eigenvalue weighted by Crippen LogP contribution is -2.29. The predicted octanol–water partition coefficient (Wildman–Crippen LogP) is 4.94. The first-order chi connectivity index (χ1) is 9.70. The first kappa shape index (κ1) is 16.0. The van der Waals surface area contributed by atoms with Gasteiger partial charge >= 0.3 is 0 Å². The maximum atomic E-state index is 13.3. The third kappa shape index (κ3) is 4.56. The summed E-state index contributed by atoms with van der Waals surface area (Å²) in [6.07, 6.45) is 7.71. The highest BCUT2D eigenvalue weighted by atomic mass is 79.9. The third-order valence-electron chi connectivity index (χ3n) is 4.38. The van der Waals surface area contributed by atoms with Gasteiger partial charge in [-0.25, -0.2) is 4.39 Å². The van der Waals surface area contributed by atoms with Crippen molar-refractivity contribution in [1.82, 2.24) is 5.32 Å². The molecule has 1 aromatic rings. The van der Waals surface area contributed by atoms with Crippen molar-refractivity contribution in [3.05, 3.63) is 34.1 Å². The molecule has 20 heavy (non-hydrogen) atoms. The summed E-state index contributed by atoms with van der Waals surface area (Å²) in [4.78, 5) is 0. The largest absolute Gasteiger partial charge is 0.316 e. The molecule has 1 saturated carbocycles. The van der Waals surface area contributed by atoms with Gasteiger partial charge < -0.3 is 5.32 Å². The van der Waals surface area contributed by atoms with Crippen molar-refractivity contribution < 1.29 is 4.39 Å². The van der Waals surface area contributed by atoms with Crippen LogP contribution < -0.4 is 5.32 Å². The van der Waals surface area contributed by atoms with Crippen molar-refractivity contribution in [1.29, 1.82) is 0 Å². The van der Waals surface area contributed by atoms with E-state index in [4.69, 9.17) is 0 Å². The molecule has 1 unspecified atom stereocenters. The number of benzene rings is 1. The van der Waals surface area contributed by atoms with Crippen LogP contribution in [0.4, 0.5) is 4.39 Å². The van der Waals surface area contributed by atoms with E-state index in [1.54, 1.807) is 6.07 Å². The van der Waals surface area contributed by atoms with Crippen molar-refractivity contribution in [2.75, 3.05) is 13.1 Å². The van der Waals surface area contributed by atoms with E-state index in [1.165, 1.54) is 37.7 Å². The van der Waals surface area contributed by atoms with Crippen molar-refractivity contribution in [2.24, 2.45) is 11.8 Å². The van der Waals surface area contributed by atoms with Crippen molar-refractivity contribution in [3.8, 4) is 0 Å². The zero-order valence-corrected chi connectivity index (χ0v) is 13.9. The Bertz CT molecular complexity index is 415. The molecule has 1 nitrogen and oxygen atoms in total. The fraction of sp³-hybridized carbons (Fsp3) is 0.647. The van der Waals surface area contributed by atoms with Gasteiger partial charge in [-0.15, -0.1) is 0 Å². The average Bonchev–Trinajstić information content (AvgIpc) is 2.96. The normalized spacial score (nSPS) is 17.6. The number of hydrogen-bond acceptors (Lipinski definition) is 1. The summed E-state index contributed by atoms with van der Waals surface area (Å²) in [5.41, 5.74) is 1.24. The van der Waals surface area contributed by atoms with Gasteiger partial charge in [-0.3, -0.25) is 0 Å². The van der Waals surface area contributed by atoms with Gasteiger partial charge in [0.1, 0.15) is 5.82 Å². The Morgan fingerprint density at radius 3 is 2.75 bits per heavy atom. The third-order valence-corrected chi connectivity index (χ3v) is 4.99. The van der Waals surface area contributed by atoms with E-state index in [9.17, 15) is 4.39 Å². The lowest BCUT2D eigenvalue weighted by Gasteiger charge is -2.24. The second-order valence-corrected chi connectivity index (χ2v) is 6.82. The van der Waals surface area contributed by atoms with E-state index in [1.807, 2.05) is 12.1 Å². The Hall–Kier alpha value is -0.410. The molecular formula is C17H25BrFN. The Balaban J connectivity index is 1.99. The minimum Gasteiger partial charge on any atom is -0.316 e. The summed E-state index contributed by atoms with van der Waals surface area (Å²) >= 11 is 3.29. The van der Waals surface area contributed by atoms with Crippen molar-refractivity contribution >= 4 is 15.9 Å². The Labute approximate surface area is 130 Å². The van der Waals surface area contributed by atoms with Crippen molar-refractivity contribution in [3.63, 3.8) is 0 Å². The summed E-state index contributed by atoms with van der Waals surface area (Å²) in [6.45, 7) is 4.39. The lowest BCUT2D eigenvalue weighted by atomic mass is 9.85. The minimum atomic E-state index is -0.171. The fourth-order valence-electron chi connectivity index (χ4n) is 3.27. The second-order valence-electron chi connectivity index (χ2n) is 5.96. The summed E-state index contributed by atoms with van der Waals surface area (Å²) in [5.74, 6) is 1.35. The van der Waals surface area contributed by atoms with E-state index >= 15 is 0 Å². The zero-order chi connectivity index (χ0) is 14.4. The molecule has 1 aliphatic carbocycles. The quantitative estimate of drug-likeness (QED) is 0.693. The Kier molecular flexibility index (Phi) is 6.50. The first-order valence-electron chi connectivity index (χ1n) is 7.85. The molecule has 0 amide bonds. The summed E-state index contributed by atoms with van der Waals surface area (Å²) in [6, 6.07) is 5.45. The monoisotopic (exact) mass is 341 g/mol. The number of hydrogen-bond donors (Lipinski definition) is 1. The molecule has 1 aliphatic rings. The van der Waals surface area contributed by atoms with Gasteiger partial charge in [-0.05, 0) is 71.4 Å². The standard InChI is InChI=1S/C17H25BrFN/c1-2-9-20-12-15(14-5-3-4-6-14)10-13-7-8-17(19)16(18)11-13/h7-8,11,14-15,20H,2-6,9-10,12H2,1H3. The van der Waals surface area contributed by atoms with E-state index < -0.39 is 0 Å². The van der Waals surface area contributed by atoms with E-state index in [0.717, 1.165) is 25.4 Å². The molecule has 112 valence electrons. The van der Waals surface area contributed by atoms with Gasteiger partial charge in [0.2, 0.25) is 0 Å². The summed E-state index contributed by atoms with van der Waals surface area (Å²) in [5, 5.41) is 3.57. The molecule has 0 aromatic heterocycles. The van der Waals surface area contributed by atoms with Crippen molar-refractivity contribution in [2.45, 2.75) is 45.4 Å². The molecule has 3 heteroatoms. The van der Waals surface area contributed by atoms with E-state index in [0.29, 0.717) is 10.4 Å². The van der Waals surface area contributed by atoms with Crippen LogP contribution in [-0.2, 0) is 6.42 Å². The molecule has 0 bridgehead atoms. The van der Waals surface area contributed by atoms with Crippen LogP contribution in [0.3, 0.4) is 0 Å². The second kappa shape index (κ2) is 8.14. The zero-order valence-electron chi connectivity index (χ0n) is 12.3. The predicted molar refractivity (Wildman–Crippen MR) is 86.4 cm³/mol. The van der Waals surface area contributed by atoms with Gasteiger partial charge in [-0.1, -0.05) is 38.7 Å². The molecule has 1 N–H and O–H groups in total. The topological polar surface area (TPSA) is 12.0 Å². The van der Waals surface area contributed by atoms with Crippen LogP contribution in [0.2, 0.25) is 0 Å². The maximum Gasteiger partial charge on any atom is 0.137 e. The minimum absolute atomic E-state index is 0.171. The molecule has 0 aliphatic heterocycles. The molecule has 2 rings (SSSR count). The smallest absolute Gasteiger partial charge is 0.137 e. The maximum absolute atomic E-state index is 13.3. The van der Waals surface area contributed by atoms with Crippen LogP contribution in [0.5, 0.6) is 0 Å². The Morgan fingerprint density at radius 2 is 2.10 bits per heavy atom. The SMILES string of the molecule is CCCNCC(Cc1ccc(F)c(Br)c1)C1CCCC1. The van der Waals surface area contributed by atoms with Gasteiger partial charge in [0.15, 0.2) is 0 Å². The number of rotatable bonds is 7. The van der Waals surface area contributed by atoms with Gasteiger partial charge in [-0.2, -0.15) is 0 Å². The molecule has 0 heterocycles. The average molecular weight is 342 g/mol. The van der Waals surface area contributed by atoms with E-state index in [-0.39, 0.29) is 5.82 Å². The highest BCUT2D eigenvalue weighted by Crippen LogP contribution is 2.33. The summed E-state index contributed by atoms with van der Waals surface area (Å²) < 4.78 is 13.9. The molecule has 0 saturated heterocycles. The van der Waals surface area contributed by atoms with Crippen LogP contribution in [0.1, 0.15) is 44.6 Å². The highest BCUT2D eigenvalue weighted by Gasteiger charge is 2.25. The Morgan fingerprint density at radius 1 is 1.35 bits per heavy atom.